The molecule has 0 bridgehead atoms. The van der Waals surface area contributed by atoms with Crippen molar-refractivity contribution in [3.8, 4) is 11.5 Å². The molecular weight excluding hydrogens is 805 g/mol. The van der Waals surface area contributed by atoms with E-state index >= 15 is 0 Å². The fourth-order valence-corrected chi connectivity index (χ4v) is 9.86. The molecule has 0 aliphatic carbocycles. The molecule has 0 radical (unpaired) electrons. The summed E-state index contributed by atoms with van der Waals surface area (Å²) in [6.45, 7) is 6.08. The van der Waals surface area contributed by atoms with Gasteiger partial charge in [-0.05, 0) is 53.8 Å². The highest BCUT2D eigenvalue weighted by atomic mass is 16.5. The van der Waals surface area contributed by atoms with Gasteiger partial charge in [0.2, 0.25) is 0 Å². The third-order valence-electron chi connectivity index (χ3n) is 14.3. The number of rotatable bonds is 47. The van der Waals surface area contributed by atoms with Crippen LogP contribution in [0.25, 0.3) is 0 Å². The smallest absolute Gasteiger partial charge is 0.140 e. The molecule has 0 spiro atoms. The summed E-state index contributed by atoms with van der Waals surface area (Å²) in [5.41, 5.74) is 1.23. The van der Waals surface area contributed by atoms with Gasteiger partial charge in [-0.2, -0.15) is 0 Å². The van der Waals surface area contributed by atoms with Gasteiger partial charge in [-0.15, -0.1) is 0 Å². The SMILES string of the molecule is CCCCCCCCCCCCCCCCCCCCCCOc1ccc(C(O)(c2ccccc2)c2ccc(OCCCCCCCCCCCCCCCCCCCCCC)cc2)cc1. The Hall–Kier alpha value is -2.78. The number of unbranched alkanes of at least 4 members (excludes halogenated alkanes) is 38. The Morgan fingerprint density at radius 1 is 0.273 bits per heavy atom. The molecule has 66 heavy (non-hydrogen) atoms. The average Bonchev–Trinajstić information content (AvgIpc) is 3.35. The fraction of sp³-hybridized carbons (Fsp3) is 0.714. The first kappa shape index (κ1) is 57.5. The molecule has 3 aromatic rings. The monoisotopic (exact) mass is 909 g/mol. The minimum absolute atomic E-state index is 0.738. The van der Waals surface area contributed by atoms with E-state index in [4.69, 9.17) is 9.47 Å². The van der Waals surface area contributed by atoms with Gasteiger partial charge in [-0.1, -0.05) is 312 Å². The summed E-state index contributed by atoms with van der Waals surface area (Å²) < 4.78 is 12.3. The van der Waals surface area contributed by atoms with Crippen LogP contribution < -0.4 is 9.47 Å². The largest absolute Gasteiger partial charge is 0.494 e. The van der Waals surface area contributed by atoms with Gasteiger partial charge in [-0.3, -0.25) is 0 Å². The van der Waals surface area contributed by atoms with E-state index < -0.39 is 5.60 Å². The van der Waals surface area contributed by atoms with Crippen LogP contribution in [-0.4, -0.2) is 18.3 Å². The predicted octanol–water partition coefficient (Wildman–Crippen LogP) is 20.4. The maximum absolute atomic E-state index is 12.4. The maximum atomic E-state index is 12.4. The van der Waals surface area contributed by atoms with Crippen LogP contribution in [0.15, 0.2) is 78.9 Å². The van der Waals surface area contributed by atoms with E-state index in [1.807, 2.05) is 78.9 Å². The van der Waals surface area contributed by atoms with Crippen molar-refractivity contribution in [2.75, 3.05) is 13.2 Å². The average molecular weight is 910 g/mol. The summed E-state index contributed by atoms with van der Waals surface area (Å²) in [6.07, 6.45) is 55.7. The summed E-state index contributed by atoms with van der Waals surface area (Å²) in [5.74, 6) is 1.72. The molecule has 0 heterocycles. The van der Waals surface area contributed by atoms with Gasteiger partial charge in [-0.25, -0.2) is 0 Å². The first-order valence-corrected chi connectivity index (χ1v) is 28.9. The van der Waals surface area contributed by atoms with E-state index in [-0.39, 0.29) is 0 Å². The molecule has 374 valence electrons. The van der Waals surface area contributed by atoms with Gasteiger partial charge in [0.15, 0.2) is 0 Å². The van der Waals surface area contributed by atoms with Crippen molar-refractivity contribution in [1.29, 1.82) is 0 Å². The van der Waals surface area contributed by atoms with Gasteiger partial charge in [0.1, 0.15) is 17.1 Å². The van der Waals surface area contributed by atoms with Crippen LogP contribution in [0.1, 0.15) is 287 Å². The zero-order valence-corrected chi connectivity index (χ0v) is 43.5. The predicted molar refractivity (Wildman–Crippen MR) is 288 cm³/mol. The van der Waals surface area contributed by atoms with Crippen LogP contribution in [-0.2, 0) is 5.60 Å². The second kappa shape index (κ2) is 41.2. The highest BCUT2D eigenvalue weighted by Gasteiger charge is 2.33. The first-order valence-electron chi connectivity index (χ1n) is 28.9. The summed E-state index contributed by atoms with van der Waals surface area (Å²) in [4.78, 5) is 0. The molecule has 0 unspecified atom stereocenters. The Morgan fingerprint density at radius 2 is 0.485 bits per heavy atom. The van der Waals surface area contributed by atoms with E-state index in [1.54, 1.807) is 0 Å². The molecule has 0 fully saturated rings. The first-order chi connectivity index (χ1) is 32.7. The Morgan fingerprint density at radius 3 is 0.727 bits per heavy atom. The van der Waals surface area contributed by atoms with E-state index in [0.717, 1.165) is 54.2 Å². The molecule has 3 nitrogen and oxygen atoms in total. The molecule has 0 aliphatic rings. The summed E-state index contributed by atoms with van der Waals surface area (Å²) in [7, 11) is 0. The third-order valence-corrected chi connectivity index (χ3v) is 14.3. The Bertz CT molecular complexity index is 1360. The standard InChI is InChI=1S/C63H104O3/c1-3-5-7-9-11-13-15-17-19-21-23-25-27-29-31-33-35-37-39-44-56-65-61-52-48-59(49-53-61)63(64,58-46-42-41-43-47-58)60-50-54-62(55-51-60)66-57-45-40-38-36-34-32-30-28-26-24-22-20-18-16-14-12-10-8-6-4-2/h41-43,46-55,64H,3-40,44-45,56-57H2,1-2H3. The molecular formula is C63H104O3. The lowest BCUT2D eigenvalue weighted by molar-refractivity contribution is 0.125. The molecule has 0 saturated heterocycles. The number of ether oxygens (including phenoxy) is 2. The Labute approximate surface area is 409 Å². The molecule has 0 aliphatic heterocycles. The van der Waals surface area contributed by atoms with Gasteiger partial charge in [0.25, 0.3) is 0 Å². The zero-order chi connectivity index (χ0) is 46.7. The lowest BCUT2D eigenvalue weighted by Crippen LogP contribution is -2.28. The summed E-state index contributed by atoms with van der Waals surface area (Å²) >= 11 is 0. The van der Waals surface area contributed by atoms with E-state index in [1.165, 1.54) is 244 Å². The van der Waals surface area contributed by atoms with Crippen molar-refractivity contribution in [2.45, 2.75) is 276 Å². The second-order valence-electron chi connectivity index (χ2n) is 20.3. The lowest BCUT2D eigenvalue weighted by atomic mass is 9.80. The van der Waals surface area contributed by atoms with Crippen molar-refractivity contribution in [2.24, 2.45) is 0 Å². The Balaban J connectivity index is 1.20. The second-order valence-corrected chi connectivity index (χ2v) is 20.3. The third kappa shape index (κ3) is 27.9. The van der Waals surface area contributed by atoms with Gasteiger partial charge >= 0.3 is 0 Å². The quantitative estimate of drug-likeness (QED) is 0.0453. The van der Waals surface area contributed by atoms with Crippen molar-refractivity contribution in [1.82, 2.24) is 0 Å². The molecule has 3 aromatic carbocycles. The van der Waals surface area contributed by atoms with E-state index in [9.17, 15) is 5.11 Å². The zero-order valence-electron chi connectivity index (χ0n) is 43.5. The van der Waals surface area contributed by atoms with Crippen molar-refractivity contribution < 1.29 is 14.6 Å². The van der Waals surface area contributed by atoms with Crippen molar-refractivity contribution in [3.05, 3.63) is 95.6 Å². The molecule has 0 atom stereocenters. The van der Waals surface area contributed by atoms with Crippen LogP contribution in [0, 0.1) is 0 Å². The molecule has 0 aromatic heterocycles. The van der Waals surface area contributed by atoms with Crippen LogP contribution in [0.4, 0.5) is 0 Å². The molecule has 3 heteroatoms. The number of benzene rings is 3. The highest BCUT2D eigenvalue weighted by molar-refractivity contribution is 5.49. The van der Waals surface area contributed by atoms with E-state index in [0.29, 0.717) is 0 Å². The fourth-order valence-electron chi connectivity index (χ4n) is 9.86. The van der Waals surface area contributed by atoms with Crippen molar-refractivity contribution in [3.63, 3.8) is 0 Å². The van der Waals surface area contributed by atoms with Crippen LogP contribution in [0.3, 0.4) is 0 Å². The number of hydrogen-bond donors (Lipinski definition) is 1. The number of hydrogen-bond acceptors (Lipinski definition) is 3. The molecule has 1 N–H and O–H groups in total. The van der Waals surface area contributed by atoms with Crippen LogP contribution in [0.2, 0.25) is 0 Å². The van der Waals surface area contributed by atoms with Gasteiger partial charge in [0, 0.05) is 0 Å². The molecule has 0 saturated carbocycles. The number of aliphatic hydroxyl groups is 1. The van der Waals surface area contributed by atoms with E-state index in [2.05, 4.69) is 13.8 Å². The molecule has 0 amide bonds. The van der Waals surface area contributed by atoms with Gasteiger partial charge in [0.05, 0.1) is 13.2 Å². The van der Waals surface area contributed by atoms with Gasteiger partial charge < -0.3 is 14.6 Å². The summed E-state index contributed by atoms with van der Waals surface area (Å²) in [5, 5.41) is 12.4. The molecule has 3 rings (SSSR count). The highest BCUT2D eigenvalue weighted by Crippen LogP contribution is 2.38. The Kier molecular flexibility index (Phi) is 35.9. The maximum Gasteiger partial charge on any atom is 0.140 e. The topological polar surface area (TPSA) is 38.7 Å². The van der Waals surface area contributed by atoms with Crippen molar-refractivity contribution >= 4 is 0 Å². The lowest BCUT2D eigenvalue weighted by Gasteiger charge is -2.30. The minimum atomic E-state index is -1.28. The minimum Gasteiger partial charge on any atom is -0.494 e. The van der Waals surface area contributed by atoms with Crippen LogP contribution in [0.5, 0.6) is 11.5 Å². The normalized spacial score (nSPS) is 11.7. The van der Waals surface area contributed by atoms with Crippen LogP contribution >= 0.6 is 0 Å². The summed E-state index contributed by atoms with van der Waals surface area (Å²) in [6, 6.07) is 26.1.